The highest BCUT2D eigenvalue weighted by Crippen LogP contribution is 2.13. The fourth-order valence-electron chi connectivity index (χ4n) is 1.26. The standard InChI is InChI=1S/C12H11N3O2/c1-2-11-14-12(17-15-11)8-16-10-5-3-9(7-13)4-6-10/h3-6H,2,8H2,1H3. The van der Waals surface area contributed by atoms with Gasteiger partial charge in [-0.15, -0.1) is 0 Å². The maximum absolute atomic E-state index is 8.64. The van der Waals surface area contributed by atoms with Crippen molar-refractivity contribution in [3.63, 3.8) is 0 Å². The Morgan fingerprint density at radius 2 is 2.12 bits per heavy atom. The van der Waals surface area contributed by atoms with Crippen molar-refractivity contribution in [3.05, 3.63) is 41.5 Å². The molecule has 0 aliphatic rings. The van der Waals surface area contributed by atoms with Gasteiger partial charge in [0.05, 0.1) is 11.6 Å². The molecular weight excluding hydrogens is 218 g/mol. The van der Waals surface area contributed by atoms with Gasteiger partial charge in [-0.05, 0) is 24.3 Å². The predicted octanol–water partition coefficient (Wildman–Crippen LogP) is 2.08. The molecule has 17 heavy (non-hydrogen) atoms. The average Bonchev–Trinajstić information content (AvgIpc) is 2.85. The Hall–Kier alpha value is -2.35. The molecule has 0 N–H and O–H groups in total. The van der Waals surface area contributed by atoms with Gasteiger partial charge in [0, 0.05) is 6.42 Å². The first kappa shape index (κ1) is 11.1. The van der Waals surface area contributed by atoms with Crippen LogP contribution in [0.5, 0.6) is 5.75 Å². The van der Waals surface area contributed by atoms with Gasteiger partial charge in [-0.1, -0.05) is 12.1 Å². The van der Waals surface area contributed by atoms with Crippen molar-refractivity contribution in [1.82, 2.24) is 10.1 Å². The lowest BCUT2D eigenvalue weighted by atomic mass is 10.2. The molecule has 0 bridgehead atoms. The van der Waals surface area contributed by atoms with Crippen molar-refractivity contribution in [1.29, 1.82) is 5.26 Å². The first-order chi connectivity index (χ1) is 8.31. The molecule has 0 fully saturated rings. The minimum absolute atomic E-state index is 0.235. The molecular formula is C12H11N3O2. The van der Waals surface area contributed by atoms with E-state index in [-0.39, 0.29) is 6.61 Å². The van der Waals surface area contributed by atoms with E-state index in [4.69, 9.17) is 14.5 Å². The lowest BCUT2D eigenvalue weighted by molar-refractivity contribution is 0.242. The Kier molecular flexibility index (Phi) is 3.36. The Labute approximate surface area is 98.6 Å². The number of aryl methyl sites for hydroxylation is 1. The van der Waals surface area contributed by atoms with Gasteiger partial charge in [-0.3, -0.25) is 0 Å². The topological polar surface area (TPSA) is 71.9 Å². The molecule has 1 heterocycles. The van der Waals surface area contributed by atoms with Crippen LogP contribution in [0, 0.1) is 11.3 Å². The molecule has 0 aliphatic heterocycles. The van der Waals surface area contributed by atoms with Gasteiger partial charge in [0.25, 0.3) is 5.89 Å². The zero-order chi connectivity index (χ0) is 12.1. The zero-order valence-corrected chi connectivity index (χ0v) is 9.38. The van der Waals surface area contributed by atoms with E-state index in [0.29, 0.717) is 23.0 Å². The molecule has 0 amide bonds. The van der Waals surface area contributed by atoms with Gasteiger partial charge >= 0.3 is 0 Å². The summed E-state index contributed by atoms with van der Waals surface area (Å²) < 4.78 is 10.4. The predicted molar refractivity (Wildman–Crippen MR) is 59.2 cm³/mol. The Bertz CT molecular complexity index is 525. The molecule has 1 aromatic heterocycles. The van der Waals surface area contributed by atoms with Crippen LogP contribution in [0.25, 0.3) is 0 Å². The molecule has 0 atom stereocenters. The summed E-state index contributed by atoms with van der Waals surface area (Å²) in [5.41, 5.74) is 0.600. The van der Waals surface area contributed by atoms with Crippen molar-refractivity contribution in [2.45, 2.75) is 20.0 Å². The van der Waals surface area contributed by atoms with E-state index >= 15 is 0 Å². The summed E-state index contributed by atoms with van der Waals surface area (Å²) in [5.74, 6) is 1.79. The number of hydrogen-bond donors (Lipinski definition) is 0. The van der Waals surface area contributed by atoms with Gasteiger partial charge < -0.3 is 9.26 Å². The Morgan fingerprint density at radius 1 is 1.35 bits per heavy atom. The molecule has 2 rings (SSSR count). The molecule has 0 saturated heterocycles. The van der Waals surface area contributed by atoms with Crippen molar-refractivity contribution in [2.75, 3.05) is 0 Å². The molecule has 0 unspecified atom stereocenters. The highest BCUT2D eigenvalue weighted by Gasteiger charge is 2.05. The summed E-state index contributed by atoms with van der Waals surface area (Å²) in [6.45, 7) is 2.19. The van der Waals surface area contributed by atoms with E-state index in [9.17, 15) is 0 Å². The SMILES string of the molecule is CCc1noc(COc2ccc(C#N)cc2)n1. The first-order valence-corrected chi connectivity index (χ1v) is 5.26. The quantitative estimate of drug-likeness (QED) is 0.802. The van der Waals surface area contributed by atoms with Crippen molar-refractivity contribution in [2.24, 2.45) is 0 Å². The zero-order valence-electron chi connectivity index (χ0n) is 9.38. The van der Waals surface area contributed by atoms with Gasteiger partial charge in [-0.25, -0.2) is 0 Å². The summed E-state index contributed by atoms with van der Waals surface area (Å²) in [6, 6.07) is 8.90. The van der Waals surface area contributed by atoms with Crippen LogP contribution in [0.4, 0.5) is 0 Å². The van der Waals surface area contributed by atoms with Gasteiger partial charge in [0.2, 0.25) is 0 Å². The van der Waals surface area contributed by atoms with E-state index in [1.165, 1.54) is 0 Å². The van der Waals surface area contributed by atoms with Crippen LogP contribution in [0.2, 0.25) is 0 Å². The fraction of sp³-hybridized carbons (Fsp3) is 0.250. The van der Waals surface area contributed by atoms with Crippen LogP contribution in [-0.2, 0) is 13.0 Å². The summed E-state index contributed by atoms with van der Waals surface area (Å²) >= 11 is 0. The van der Waals surface area contributed by atoms with Crippen LogP contribution in [0.1, 0.15) is 24.2 Å². The van der Waals surface area contributed by atoms with Crippen LogP contribution in [-0.4, -0.2) is 10.1 Å². The normalized spacial score (nSPS) is 9.88. The number of nitriles is 1. The first-order valence-electron chi connectivity index (χ1n) is 5.26. The highest BCUT2D eigenvalue weighted by atomic mass is 16.5. The molecule has 0 spiro atoms. The lowest BCUT2D eigenvalue weighted by Gasteiger charge is -2.01. The number of nitrogens with zero attached hydrogens (tertiary/aromatic N) is 3. The van der Waals surface area contributed by atoms with Crippen LogP contribution in [0.15, 0.2) is 28.8 Å². The van der Waals surface area contributed by atoms with E-state index < -0.39 is 0 Å². The van der Waals surface area contributed by atoms with Crippen molar-refractivity contribution in [3.8, 4) is 11.8 Å². The van der Waals surface area contributed by atoms with E-state index in [2.05, 4.69) is 10.1 Å². The fourth-order valence-corrected chi connectivity index (χ4v) is 1.26. The molecule has 5 nitrogen and oxygen atoms in total. The van der Waals surface area contributed by atoms with Gasteiger partial charge in [0.15, 0.2) is 12.4 Å². The highest BCUT2D eigenvalue weighted by molar-refractivity contribution is 5.34. The molecule has 5 heteroatoms. The van der Waals surface area contributed by atoms with Gasteiger partial charge in [0.1, 0.15) is 5.75 Å². The van der Waals surface area contributed by atoms with Crippen LogP contribution < -0.4 is 4.74 Å². The third-order valence-corrected chi connectivity index (χ3v) is 2.17. The van der Waals surface area contributed by atoms with Crippen LogP contribution >= 0.6 is 0 Å². The third kappa shape index (κ3) is 2.82. The summed E-state index contributed by atoms with van der Waals surface area (Å²) in [7, 11) is 0. The number of benzene rings is 1. The summed E-state index contributed by atoms with van der Waals surface area (Å²) in [6.07, 6.45) is 0.736. The molecule has 86 valence electrons. The minimum Gasteiger partial charge on any atom is -0.484 e. The van der Waals surface area contributed by atoms with E-state index in [1.54, 1.807) is 24.3 Å². The largest absolute Gasteiger partial charge is 0.484 e. The second-order valence-electron chi connectivity index (χ2n) is 3.38. The third-order valence-electron chi connectivity index (χ3n) is 2.17. The molecule has 0 saturated carbocycles. The summed E-state index contributed by atoms with van der Waals surface area (Å²) in [4.78, 5) is 4.12. The molecule has 0 radical (unpaired) electrons. The number of aromatic nitrogens is 2. The molecule has 0 aliphatic carbocycles. The van der Waals surface area contributed by atoms with E-state index in [0.717, 1.165) is 6.42 Å². The Balaban J connectivity index is 1.95. The second kappa shape index (κ2) is 5.12. The van der Waals surface area contributed by atoms with Crippen LogP contribution in [0.3, 0.4) is 0 Å². The maximum Gasteiger partial charge on any atom is 0.264 e. The Morgan fingerprint density at radius 3 is 2.71 bits per heavy atom. The minimum atomic E-state index is 0.235. The smallest absolute Gasteiger partial charge is 0.264 e. The summed E-state index contributed by atoms with van der Waals surface area (Å²) in [5, 5.41) is 12.4. The lowest BCUT2D eigenvalue weighted by Crippen LogP contribution is -1.96. The molecule has 2 aromatic rings. The number of rotatable bonds is 4. The second-order valence-corrected chi connectivity index (χ2v) is 3.38. The number of ether oxygens (including phenoxy) is 1. The maximum atomic E-state index is 8.64. The van der Waals surface area contributed by atoms with Gasteiger partial charge in [-0.2, -0.15) is 10.2 Å². The average molecular weight is 229 g/mol. The monoisotopic (exact) mass is 229 g/mol. The van der Waals surface area contributed by atoms with Crippen molar-refractivity contribution >= 4 is 0 Å². The van der Waals surface area contributed by atoms with Crippen molar-refractivity contribution < 1.29 is 9.26 Å². The van der Waals surface area contributed by atoms with E-state index in [1.807, 2.05) is 13.0 Å². The number of hydrogen-bond acceptors (Lipinski definition) is 5. The molecule has 1 aromatic carbocycles.